The van der Waals surface area contributed by atoms with E-state index < -0.39 is 0 Å². The van der Waals surface area contributed by atoms with E-state index in [-0.39, 0.29) is 5.41 Å². The lowest BCUT2D eigenvalue weighted by atomic mass is 9.60. The number of benzene rings is 8. The molecule has 0 bridgehead atoms. The van der Waals surface area contributed by atoms with Crippen LogP contribution in [0.1, 0.15) is 43.2 Å². The third-order valence-corrected chi connectivity index (χ3v) is 10.7. The molecule has 1 saturated carbocycles. The molecule has 0 N–H and O–H groups in total. The molecular formula is C42H31N. The molecule has 0 unspecified atom stereocenters. The monoisotopic (exact) mass is 549 g/mol. The SMILES string of the molecule is c1ccc(N(c2ccccc2)c2c3cccc4c3c3c5c(ccc6cccc(c7cccc2c73)c65)C42CCCCC2)cc1. The lowest BCUT2D eigenvalue weighted by molar-refractivity contribution is 0.350. The van der Waals surface area contributed by atoms with Gasteiger partial charge >= 0.3 is 0 Å². The van der Waals surface area contributed by atoms with E-state index in [4.69, 9.17) is 0 Å². The lowest BCUT2D eigenvalue weighted by Crippen LogP contribution is -2.32. The first-order valence-electron chi connectivity index (χ1n) is 15.8. The predicted molar refractivity (Wildman–Crippen MR) is 184 cm³/mol. The first-order valence-corrected chi connectivity index (χ1v) is 15.8. The van der Waals surface area contributed by atoms with Gasteiger partial charge in [-0.1, -0.05) is 122 Å². The number of anilines is 3. The number of hydrogen-bond acceptors (Lipinski definition) is 1. The second-order valence-electron chi connectivity index (χ2n) is 12.7. The summed E-state index contributed by atoms with van der Waals surface area (Å²) in [6.07, 6.45) is 6.36. The fourth-order valence-electron chi connectivity index (χ4n) is 9.08. The average Bonchev–Trinajstić information content (AvgIpc) is 3.08. The van der Waals surface area contributed by atoms with Crippen molar-refractivity contribution in [3.8, 4) is 0 Å². The quantitative estimate of drug-likeness (QED) is 0.156. The van der Waals surface area contributed by atoms with Crippen LogP contribution < -0.4 is 4.90 Å². The Labute approximate surface area is 251 Å². The highest BCUT2D eigenvalue weighted by molar-refractivity contribution is 6.42. The minimum Gasteiger partial charge on any atom is -0.309 e. The van der Waals surface area contributed by atoms with Gasteiger partial charge in [-0.05, 0) is 85.9 Å². The van der Waals surface area contributed by atoms with E-state index in [0.717, 1.165) is 0 Å². The Morgan fingerprint density at radius 1 is 0.395 bits per heavy atom. The third kappa shape index (κ3) is 2.97. The van der Waals surface area contributed by atoms with Crippen LogP contribution in [0.3, 0.4) is 0 Å². The fraction of sp³-hybridized carbons (Fsp3) is 0.143. The maximum absolute atomic E-state index is 2.51. The van der Waals surface area contributed by atoms with Crippen LogP contribution in [0.5, 0.6) is 0 Å². The summed E-state index contributed by atoms with van der Waals surface area (Å²) >= 11 is 0. The molecule has 0 heterocycles. The van der Waals surface area contributed by atoms with Gasteiger partial charge in [0.15, 0.2) is 0 Å². The van der Waals surface area contributed by atoms with E-state index in [1.54, 1.807) is 11.1 Å². The summed E-state index contributed by atoms with van der Waals surface area (Å²) in [5.74, 6) is 0. The van der Waals surface area contributed by atoms with Gasteiger partial charge in [0, 0.05) is 32.9 Å². The Balaban J connectivity index is 1.50. The maximum Gasteiger partial charge on any atom is 0.0619 e. The first-order chi connectivity index (χ1) is 21.4. The zero-order valence-electron chi connectivity index (χ0n) is 24.1. The van der Waals surface area contributed by atoms with Gasteiger partial charge in [0.2, 0.25) is 0 Å². The second kappa shape index (κ2) is 8.58. The summed E-state index contributed by atoms with van der Waals surface area (Å²) in [4.78, 5) is 2.51. The van der Waals surface area contributed by atoms with E-state index in [2.05, 4.69) is 132 Å². The number of nitrogens with zero attached hydrogens (tertiary/aromatic N) is 1. The number of rotatable bonds is 3. The lowest BCUT2D eigenvalue weighted by Gasteiger charge is -2.43. The largest absolute Gasteiger partial charge is 0.309 e. The van der Waals surface area contributed by atoms with Gasteiger partial charge in [-0.2, -0.15) is 0 Å². The summed E-state index contributed by atoms with van der Waals surface area (Å²) in [6.45, 7) is 0. The smallest absolute Gasteiger partial charge is 0.0619 e. The third-order valence-electron chi connectivity index (χ3n) is 10.7. The summed E-state index contributed by atoms with van der Waals surface area (Å²) < 4.78 is 0. The molecule has 8 aromatic rings. The summed E-state index contributed by atoms with van der Waals surface area (Å²) in [6, 6.07) is 47.9. The molecule has 0 amide bonds. The molecule has 204 valence electrons. The van der Waals surface area contributed by atoms with Crippen molar-refractivity contribution in [1.29, 1.82) is 0 Å². The van der Waals surface area contributed by atoms with Crippen molar-refractivity contribution in [2.24, 2.45) is 0 Å². The fourth-order valence-corrected chi connectivity index (χ4v) is 9.08. The van der Waals surface area contributed by atoms with Gasteiger partial charge in [0.05, 0.1) is 5.69 Å². The van der Waals surface area contributed by atoms with Crippen molar-refractivity contribution in [2.75, 3.05) is 4.90 Å². The van der Waals surface area contributed by atoms with Gasteiger partial charge in [-0.25, -0.2) is 0 Å². The van der Waals surface area contributed by atoms with Gasteiger partial charge in [0.25, 0.3) is 0 Å². The highest BCUT2D eigenvalue weighted by atomic mass is 15.1. The summed E-state index contributed by atoms with van der Waals surface area (Å²) in [7, 11) is 0. The van der Waals surface area contributed by atoms with Gasteiger partial charge < -0.3 is 4.90 Å². The topological polar surface area (TPSA) is 3.24 Å². The van der Waals surface area contributed by atoms with Crippen LogP contribution in [0.25, 0.3) is 53.9 Å². The van der Waals surface area contributed by atoms with E-state index in [9.17, 15) is 0 Å². The number of fused-ring (bicyclic) bond motifs is 3. The molecule has 1 fully saturated rings. The average molecular weight is 550 g/mol. The van der Waals surface area contributed by atoms with Gasteiger partial charge in [-0.15, -0.1) is 0 Å². The van der Waals surface area contributed by atoms with Crippen LogP contribution in [0.2, 0.25) is 0 Å². The molecular weight excluding hydrogens is 518 g/mol. The summed E-state index contributed by atoms with van der Waals surface area (Å²) in [5.41, 5.74) is 6.83. The molecule has 0 radical (unpaired) electrons. The van der Waals surface area contributed by atoms with Gasteiger partial charge in [0.1, 0.15) is 0 Å². The van der Waals surface area contributed by atoms with Crippen LogP contribution in [-0.4, -0.2) is 0 Å². The summed E-state index contributed by atoms with van der Waals surface area (Å²) in [5, 5.41) is 14.1. The zero-order valence-corrected chi connectivity index (χ0v) is 24.1. The number of hydrogen-bond donors (Lipinski definition) is 0. The Morgan fingerprint density at radius 2 is 0.977 bits per heavy atom. The normalized spacial score (nSPS) is 15.6. The molecule has 1 heteroatoms. The minimum absolute atomic E-state index is 0.0585. The van der Waals surface area contributed by atoms with E-state index in [1.165, 1.54) is 103 Å². The van der Waals surface area contributed by atoms with Crippen LogP contribution in [0.15, 0.2) is 127 Å². The molecule has 0 aromatic heterocycles. The molecule has 2 aliphatic rings. The molecule has 10 rings (SSSR count). The van der Waals surface area contributed by atoms with Crippen molar-refractivity contribution in [3.63, 3.8) is 0 Å². The molecule has 8 aromatic carbocycles. The molecule has 43 heavy (non-hydrogen) atoms. The van der Waals surface area contributed by atoms with Crippen molar-refractivity contribution in [3.05, 3.63) is 139 Å². The molecule has 0 saturated heterocycles. The Bertz CT molecular complexity index is 2320. The van der Waals surface area contributed by atoms with E-state index >= 15 is 0 Å². The van der Waals surface area contributed by atoms with Crippen LogP contribution in [0, 0.1) is 0 Å². The van der Waals surface area contributed by atoms with Gasteiger partial charge in [-0.3, -0.25) is 0 Å². The molecule has 0 atom stereocenters. The first kappa shape index (κ1) is 23.7. The minimum atomic E-state index is 0.0585. The highest BCUT2D eigenvalue weighted by Gasteiger charge is 2.42. The Morgan fingerprint density at radius 3 is 1.70 bits per heavy atom. The van der Waals surface area contributed by atoms with E-state index in [0.29, 0.717) is 0 Å². The molecule has 0 aliphatic heterocycles. The maximum atomic E-state index is 2.51. The second-order valence-corrected chi connectivity index (χ2v) is 12.7. The van der Waals surface area contributed by atoms with Crippen LogP contribution in [0.4, 0.5) is 17.1 Å². The van der Waals surface area contributed by atoms with Crippen molar-refractivity contribution in [2.45, 2.75) is 37.5 Å². The Kier molecular flexibility index (Phi) is 4.72. The molecule has 1 spiro atoms. The number of para-hydroxylation sites is 2. The molecule has 1 nitrogen and oxygen atoms in total. The van der Waals surface area contributed by atoms with Crippen molar-refractivity contribution in [1.82, 2.24) is 0 Å². The molecule has 2 aliphatic carbocycles. The zero-order chi connectivity index (χ0) is 28.1. The standard InChI is InChI=1S/C42H31N/c1-4-14-28(15-5-1)43(29-16-6-2-7-17-29)41-32-20-11-19-31-30-18-10-13-27-23-24-35-39(36(27)30)40(37(31)32)38-33(41)21-12-22-34(38)42(35)25-8-3-9-26-42/h1-2,4-7,10-24H,3,8-9,25-26H2. The van der Waals surface area contributed by atoms with Crippen molar-refractivity contribution >= 4 is 70.9 Å². The Hall–Kier alpha value is -4.88. The van der Waals surface area contributed by atoms with Crippen LogP contribution >= 0.6 is 0 Å². The highest BCUT2D eigenvalue weighted by Crippen LogP contribution is 2.59. The predicted octanol–water partition coefficient (Wildman–Crippen LogP) is 11.9. The van der Waals surface area contributed by atoms with Crippen LogP contribution in [-0.2, 0) is 5.41 Å². The van der Waals surface area contributed by atoms with E-state index in [1.807, 2.05) is 0 Å². The van der Waals surface area contributed by atoms with Crippen molar-refractivity contribution < 1.29 is 0 Å².